The molecule has 0 aliphatic carbocycles. The van der Waals surface area contributed by atoms with Gasteiger partial charge in [-0.3, -0.25) is 0 Å². The molecular formula is C10H21NO2S. The van der Waals surface area contributed by atoms with Gasteiger partial charge < -0.3 is 5.32 Å². The van der Waals surface area contributed by atoms with Gasteiger partial charge in [0.15, 0.2) is 9.84 Å². The zero-order valence-corrected chi connectivity index (χ0v) is 9.94. The monoisotopic (exact) mass is 219 g/mol. The quantitative estimate of drug-likeness (QED) is 0.773. The largest absolute Gasteiger partial charge is 0.314 e. The molecule has 0 aromatic carbocycles. The van der Waals surface area contributed by atoms with Gasteiger partial charge in [0, 0.05) is 6.04 Å². The molecule has 1 aliphatic heterocycles. The Bertz CT molecular complexity index is 261. The predicted molar refractivity (Wildman–Crippen MR) is 59.1 cm³/mol. The van der Waals surface area contributed by atoms with Crippen LogP contribution in [0, 0.1) is 5.92 Å². The summed E-state index contributed by atoms with van der Waals surface area (Å²) in [6, 6.07) is 0.338. The molecule has 2 atom stereocenters. The van der Waals surface area contributed by atoms with E-state index in [4.69, 9.17) is 0 Å². The van der Waals surface area contributed by atoms with Crippen molar-refractivity contribution in [1.29, 1.82) is 0 Å². The molecule has 14 heavy (non-hydrogen) atoms. The van der Waals surface area contributed by atoms with Gasteiger partial charge in [-0.15, -0.1) is 0 Å². The Kier molecular flexibility index (Phi) is 4.38. The fraction of sp³-hybridized carbons (Fsp3) is 1.00. The van der Waals surface area contributed by atoms with Crippen LogP contribution in [0.4, 0.5) is 0 Å². The molecule has 1 rings (SSSR count). The van der Waals surface area contributed by atoms with Gasteiger partial charge in [0.25, 0.3) is 0 Å². The van der Waals surface area contributed by atoms with Crippen LogP contribution >= 0.6 is 0 Å². The van der Waals surface area contributed by atoms with Crippen LogP contribution in [0.1, 0.15) is 33.1 Å². The van der Waals surface area contributed by atoms with Gasteiger partial charge in [0.1, 0.15) is 0 Å². The maximum atomic E-state index is 11.4. The van der Waals surface area contributed by atoms with Crippen LogP contribution in [-0.4, -0.2) is 32.5 Å². The maximum absolute atomic E-state index is 11.4. The van der Waals surface area contributed by atoms with E-state index in [1.165, 1.54) is 0 Å². The second kappa shape index (κ2) is 5.12. The zero-order chi connectivity index (χ0) is 10.6. The molecular weight excluding hydrogens is 198 g/mol. The topological polar surface area (TPSA) is 46.2 Å². The lowest BCUT2D eigenvalue weighted by molar-refractivity contribution is 0.367. The van der Waals surface area contributed by atoms with E-state index in [9.17, 15) is 8.42 Å². The van der Waals surface area contributed by atoms with Gasteiger partial charge in [-0.05, 0) is 38.6 Å². The van der Waals surface area contributed by atoms with Crippen molar-refractivity contribution in [3.05, 3.63) is 0 Å². The van der Waals surface area contributed by atoms with E-state index in [1.54, 1.807) is 0 Å². The molecule has 0 aromatic rings. The Labute approximate surface area is 87.2 Å². The van der Waals surface area contributed by atoms with Gasteiger partial charge in [0.2, 0.25) is 0 Å². The van der Waals surface area contributed by atoms with Crippen molar-refractivity contribution in [3.63, 3.8) is 0 Å². The Morgan fingerprint density at radius 3 is 2.79 bits per heavy atom. The van der Waals surface area contributed by atoms with E-state index in [-0.39, 0.29) is 0 Å². The lowest BCUT2D eigenvalue weighted by Crippen LogP contribution is -2.40. The van der Waals surface area contributed by atoms with Crippen molar-refractivity contribution < 1.29 is 8.42 Å². The normalized spacial score (nSPS) is 28.6. The Morgan fingerprint density at radius 2 is 2.21 bits per heavy atom. The fourth-order valence-electron chi connectivity index (χ4n) is 1.99. The van der Waals surface area contributed by atoms with E-state index in [0.717, 1.165) is 25.8 Å². The molecule has 0 radical (unpaired) electrons. The molecule has 0 bridgehead atoms. The molecule has 1 aliphatic rings. The smallest absolute Gasteiger partial charge is 0.150 e. The fourth-order valence-corrected chi connectivity index (χ4v) is 3.87. The number of nitrogens with one attached hydrogen (secondary N) is 1. The summed E-state index contributed by atoms with van der Waals surface area (Å²) in [5, 5.41) is 3.38. The van der Waals surface area contributed by atoms with Crippen molar-refractivity contribution >= 4 is 9.84 Å². The molecule has 2 unspecified atom stereocenters. The second-order valence-electron chi connectivity index (χ2n) is 4.26. The van der Waals surface area contributed by atoms with Crippen molar-refractivity contribution in [3.8, 4) is 0 Å². The van der Waals surface area contributed by atoms with Gasteiger partial charge in [-0.1, -0.05) is 6.92 Å². The highest BCUT2D eigenvalue weighted by atomic mass is 32.2. The molecule has 3 nitrogen and oxygen atoms in total. The summed E-state index contributed by atoms with van der Waals surface area (Å²) in [5.41, 5.74) is 0. The number of rotatable bonds is 4. The molecule has 84 valence electrons. The molecule has 1 heterocycles. The SMILES string of the molecule is CCCNC(C)C1CCCS(=O)(=O)C1. The summed E-state index contributed by atoms with van der Waals surface area (Å²) < 4.78 is 22.8. The Morgan fingerprint density at radius 1 is 1.50 bits per heavy atom. The minimum atomic E-state index is -2.74. The van der Waals surface area contributed by atoms with E-state index in [1.807, 2.05) is 0 Å². The first-order chi connectivity index (χ1) is 6.55. The number of hydrogen-bond donors (Lipinski definition) is 1. The molecule has 0 saturated carbocycles. The third-order valence-electron chi connectivity index (χ3n) is 2.92. The molecule has 0 amide bonds. The minimum Gasteiger partial charge on any atom is -0.314 e. The van der Waals surface area contributed by atoms with Crippen LogP contribution < -0.4 is 5.32 Å². The third-order valence-corrected chi connectivity index (χ3v) is 4.77. The van der Waals surface area contributed by atoms with Gasteiger partial charge in [-0.25, -0.2) is 8.42 Å². The van der Waals surface area contributed by atoms with Crippen LogP contribution in [0.15, 0.2) is 0 Å². The van der Waals surface area contributed by atoms with Crippen LogP contribution in [0.5, 0.6) is 0 Å². The first-order valence-corrected chi connectivity index (χ1v) is 7.31. The van der Waals surface area contributed by atoms with Gasteiger partial charge in [-0.2, -0.15) is 0 Å². The molecule has 1 fully saturated rings. The number of hydrogen-bond acceptors (Lipinski definition) is 3. The first-order valence-electron chi connectivity index (χ1n) is 5.49. The lowest BCUT2D eigenvalue weighted by atomic mass is 9.97. The third kappa shape index (κ3) is 3.58. The molecule has 0 aromatic heterocycles. The van der Waals surface area contributed by atoms with Gasteiger partial charge >= 0.3 is 0 Å². The summed E-state index contributed by atoms with van der Waals surface area (Å²) in [4.78, 5) is 0. The highest BCUT2D eigenvalue weighted by molar-refractivity contribution is 7.91. The predicted octanol–water partition coefficient (Wildman–Crippen LogP) is 1.20. The number of sulfone groups is 1. The molecule has 1 N–H and O–H groups in total. The summed E-state index contributed by atoms with van der Waals surface area (Å²) in [6.45, 7) is 5.20. The standard InChI is InChI=1S/C10H21NO2S/c1-3-6-11-9(2)10-5-4-7-14(12,13)8-10/h9-11H,3-8H2,1-2H3. The molecule has 1 saturated heterocycles. The summed E-state index contributed by atoms with van der Waals surface area (Å²) in [7, 11) is -2.74. The molecule has 0 spiro atoms. The van der Waals surface area contributed by atoms with E-state index < -0.39 is 9.84 Å². The molecule has 4 heteroatoms. The maximum Gasteiger partial charge on any atom is 0.150 e. The summed E-state index contributed by atoms with van der Waals surface area (Å²) in [6.07, 6.45) is 2.99. The van der Waals surface area contributed by atoms with E-state index in [0.29, 0.717) is 23.5 Å². The summed E-state index contributed by atoms with van der Waals surface area (Å²) in [5.74, 6) is 1.09. The van der Waals surface area contributed by atoms with Crippen molar-refractivity contribution in [2.24, 2.45) is 5.92 Å². The minimum absolute atomic E-state index is 0.320. The average molecular weight is 219 g/mol. The Hall–Kier alpha value is -0.0900. The Balaban J connectivity index is 2.43. The highest BCUT2D eigenvalue weighted by Crippen LogP contribution is 2.21. The van der Waals surface area contributed by atoms with Crippen molar-refractivity contribution in [1.82, 2.24) is 5.32 Å². The first kappa shape index (κ1) is 12.0. The average Bonchev–Trinajstić information content (AvgIpc) is 2.12. The van der Waals surface area contributed by atoms with Gasteiger partial charge in [0.05, 0.1) is 11.5 Å². The van der Waals surface area contributed by atoms with Crippen LogP contribution in [0.25, 0.3) is 0 Å². The van der Waals surface area contributed by atoms with Crippen LogP contribution in [-0.2, 0) is 9.84 Å². The van der Waals surface area contributed by atoms with Crippen molar-refractivity contribution in [2.45, 2.75) is 39.2 Å². The highest BCUT2D eigenvalue weighted by Gasteiger charge is 2.28. The summed E-state index contributed by atoms with van der Waals surface area (Å²) >= 11 is 0. The van der Waals surface area contributed by atoms with Crippen molar-refractivity contribution in [2.75, 3.05) is 18.1 Å². The zero-order valence-electron chi connectivity index (χ0n) is 9.12. The van der Waals surface area contributed by atoms with E-state index in [2.05, 4.69) is 19.2 Å². The lowest BCUT2D eigenvalue weighted by Gasteiger charge is -2.28. The van der Waals surface area contributed by atoms with E-state index >= 15 is 0 Å². The van der Waals surface area contributed by atoms with Crippen LogP contribution in [0.2, 0.25) is 0 Å². The second-order valence-corrected chi connectivity index (χ2v) is 6.49. The van der Waals surface area contributed by atoms with Crippen LogP contribution in [0.3, 0.4) is 0 Å².